The quantitative estimate of drug-likeness (QED) is 0.426. The van der Waals surface area contributed by atoms with Gasteiger partial charge in [-0.05, 0) is 31.4 Å². The summed E-state index contributed by atoms with van der Waals surface area (Å²) in [7, 11) is 0. The van der Waals surface area contributed by atoms with Gasteiger partial charge in [-0.1, -0.05) is 18.2 Å². The number of rotatable bonds is 8. The molecular weight excluding hydrogens is 318 g/mol. The van der Waals surface area contributed by atoms with Crippen LogP contribution in [0.5, 0.6) is 5.75 Å². The molecule has 25 heavy (non-hydrogen) atoms. The van der Waals surface area contributed by atoms with Crippen molar-refractivity contribution >= 4 is 5.96 Å². The van der Waals surface area contributed by atoms with Crippen LogP contribution in [0, 0.1) is 0 Å². The lowest BCUT2D eigenvalue weighted by Gasteiger charge is -2.14. The maximum Gasteiger partial charge on any atom is 0.191 e. The maximum atomic E-state index is 5.94. The highest BCUT2D eigenvalue weighted by molar-refractivity contribution is 5.79. The summed E-state index contributed by atoms with van der Waals surface area (Å²) in [5.41, 5.74) is 1.27. The molecule has 138 valence electrons. The summed E-state index contributed by atoms with van der Waals surface area (Å²) in [6, 6.07) is 8.21. The van der Waals surface area contributed by atoms with E-state index in [9.17, 15) is 0 Å². The molecule has 2 unspecified atom stereocenters. The summed E-state index contributed by atoms with van der Waals surface area (Å²) in [4.78, 5) is 4.66. The first-order valence-corrected chi connectivity index (χ1v) is 9.31. The summed E-state index contributed by atoms with van der Waals surface area (Å²) in [5.74, 6) is 1.83. The Kier molecular flexibility index (Phi) is 6.94. The fraction of sp³-hybridized carbons (Fsp3) is 0.632. The van der Waals surface area contributed by atoms with Crippen LogP contribution < -0.4 is 15.4 Å². The van der Waals surface area contributed by atoms with Gasteiger partial charge >= 0.3 is 0 Å². The van der Waals surface area contributed by atoms with E-state index in [0.29, 0.717) is 6.54 Å². The number of nitrogens with one attached hydrogen (secondary N) is 2. The SMILES string of the molecule is CCNC(=NCC1Cc2ccccc2O1)NCCCOC1CCOC1. The fourth-order valence-electron chi connectivity index (χ4n) is 3.06. The van der Waals surface area contributed by atoms with Crippen LogP contribution in [0.15, 0.2) is 29.3 Å². The molecule has 1 aromatic carbocycles. The number of hydrogen-bond donors (Lipinski definition) is 2. The van der Waals surface area contributed by atoms with Crippen LogP contribution in [0.3, 0.4) is 0 Å². The molecule has 0 bridgehead atoms. The van der Waals surface area contributed by atoms with Crippen molar-refractivity contribution in [3.8, 4) is 5.75 Å². The van der Waals surface area contributed by atoms with Crippen LogP contribution >= 0.6 is 0 Å². The molecule has 2 heterocycles. The van der Waals surface area contributed by atoms with E-state index in [-0.39, 0.29) is 12.2 Å². The van der Waals surface area contributed by atoms with Crippen LogP contribution in [-0.4, -0.2) is 57.6 Å². The van der Waals surface area contributed by atoms with E-state index in [2.05, 4.69) is 34.7 Å². The Hall–Kier alpha value is -1.79. The van der Waals surface area contributed by atoms with E-state index in [1.807, 2.05) is 12.1 Å². The molecule has 0 saturated carbocycles. The topological polar surface area (TPSA) is 64.1 Å². The van der Waals surface area contributed by atoms with Crippen molar-refractivity contribution in [3.05, 3.63) is 29.8 Å². The average molecular weight is 347 g/mol. The van der Waals surface area contributed by atoms with Crippen molar-refractivity contribution in [2.45, 2.75) is 38.4 Å². The summed E-state index contributed by atoms with van der Waals surface area (Å²) in [5, 5.41) is 6.65. The Morgan fingerprint density at radius 1 is 1.32 bits per heavy atom. The standard InChI is InChI=1S/C19H29N3O3/c1-2-20-19(21-9-5-10-24-16-8-11-23-14-16)22-13-17-12-15-6-3-4-7-18(15)25-17/h3-4,6-7,16-17H,2,5,8-14H2,1H3,(H2,20,21,22). The van der Waals surface area contributed by atoms with Crippen molar-refractivity contribution < 1.29 is 14.2 Å². The molecule has 0 aliphatic carbocycles. The number of guanidine groups is 1. The highest BCUT2D eigenvalue weighted by Gasteiger charge is 2.21. The van der Waals surface area contributed by atoms with E-state index in [4.69, 9.17) is 14.2 Å². The third-order valence-corrected chi connectivity index (χ3v) is 4.37. The van der Waals surface area contributed by atoms with Crippen molar-refractivity contribution in [2.24, 2.45) is 4.99 Å². The Morgan fingerprint density at radius 2 is 2.24 bits per heavy atom. The number of para-hydroxylation sites is 1. The lowest BCUT2D eigenvalue weighted by molar-refractivity contribution is 0.0420. The summed E-state index contributed by atoms with van der Waals surface area (Å²) in [6.07, 6.45) is 3.30. The Bertz CT molecular complexity index is 534. The summed E-state index contributed by atoms with van der Waals surface area (Å²) >= 11 is 0. The zero-order chi connectivity index (χ0) is 17.3. The van der Waals surface area contributed by atoms with Crippen molar-refractivity contribution in [1.82, 2.24) is 10.6 Å². The van der Waals surface area contributed by atoms with E-state index in [1.54, 1.807) is 0 Å². The van der Waals surface area contributed by atoms with Crippen LogP contribution in [0.25, 0.3) is 0 Å². The van der Waals surface area contributed by atoms with E-state index >= 15 is 0 Å². The minimum Gasteiger partial charge on any atom is -0.488 e. The van der Waals surface area contributed by atoms with Gasteiger partial charge in [-0.3, -0.25) is 0 Å². The molecule has 2 aliphatic heterocycles. The van der Waals surface area contributed by atoms with Crippen molar-refractivity contribution in [3.63, 3.8) is 0 Å². The van der Waals surface area contributed by atoms with Gasteiger partial charge in [0.05, 0.1) is 19.3 Å². The lowest BCUT2D eigenvalue weighted by atomic mass is 10.1. The molecule has 0 aromatic heterocycles. The molecule has 2 atom stereocenters. The van der Waals surface area contributed by atoms with Gasteiger partial charge in [0.1, 0.15) is 11.9 Å². The lowest BCUT2D eigenvalue weighted by Crippen LogP contribution is -2.39. The second-order valence-electron chi connectivity index (χ2n) is 6.41. The van der Waals surface area contributed by atoms with Crippen molar-refractivity contribution in [2.75, 3.05) is 39.5 Å². The van der Waals surface area contributed by atoms with Crippen molar-refractivity contribution in [1.29, 1.82) is 0 Å². The molecule has 1 aromatic rings. The highest BCUT2D eigenvalue weighted by Crippen LogP contribution is 2.28. The largest absolute Gasteiger partial charge is 0.488 e. The zero-order valence-corrected chi connectivity index (χ0v) is 15.0. The predicted octanol–water partition coefficient (Wildman–Crippen LogP) is 1.74. The summed E-state index contributed by atoms with van der Waals surface area (Å²) in [6.45, 7) is 6.72. The molecule has 6 heteroatoms. The molecule has 3 rings (SSSR count). The normalized spacial score (nSPS) is 22.5. The van der Waals surface area contributed by atoms with Crippen LogP contribution in [0.2, 0.25) is 0 Å². The first kappa shape index (κ1) is 18.0. The van der Waals surface area contributed by atoms with Gasteiger partial charge < -0.3 is 24.8 Å². The monoisotopic (exact) mass is 347 g/mol. The minimum absolute atomic E-state index is 0.124. The van der Waals surface area contributed by atoms with E-state index in [0.717, 1.165) is 63.9 Å². The van der Waals surface area contributed by atoms with E-state index in [1.165, 1.54) is 5.56 Å². The first-order chi connectivity index (χ1) is 12.3. The second kappa shape index (κ2) is 9.63. The highest BCUT2D eigenvalue weighted by atomic mass is 16.5. The minimum atomic E-state index is 0.124. The Morgan fingerprint density at radius 3 is 3.04 bits per heavy atom. The molecule has 6 nitrogen and oxygen atoms in total. The predicted molar refractivity (Wildman–Crippen MR) is 98.3 cm³/mol. The number of ether oxygens (including phenoxy) is 3. The number of fused-ring (bicyclic) bond motifs is 1. The van der Waals surface area contributed by atoms with Crippen LogP contribution in [-0.2, 0) is 15.9 Å². The van der Waals surface area contributed by atoms with Crippen LogP contribution in [0.4, 0.5) is 0 Å². The third-order valence-electron chi connectivity index (χ3n) is 4.37. The Balaban J connectivity index is 1.36. The number of hydrogen-bond acceptors (Lipinski definition) is 4. The van der Waals surface area contributed by atoms with Gasteiger partial charge in [0, 0.05) is 32.7 Å². The third kappa shape index (κ3) is 5.61. The second-order valence-corrected chi connectivity index (χ2v) is 6.41. The van der Waals surface area contributed by atoms with Gasteiger partial charge in [-0.25, -0.2) is 4.99 Å². The summed E-state index contributed by atoms with van der Waals surface area (Å²) < 4.78 is 17.0. The number of benzene rings is 1. The molecule has 1 fully saturated rings. The molecule has 1 saturated heterocycles. The number of aliphatic imine (C=N–C) groups is 1. The first-order valence-electron chi connectivity index (χ1n) is 9.31. The molecule has 2 aliphatic rings. The van der Waals surface area contributed by atoms with Gasteiger partial charge in [-0.2, -0.15) is 0 Å². The van der Waals surface area contributed by atoms with Gasteiger partial charge in [0.15, 0.2) is 5.96 Å². The molecule has 0 radical (unpaired) electrons. The number of nitrogens with zero attached hydrogens (tertiary/aromatic N) is 1. The fourth-order valence-corrected chi connectivity index (χ4v) is 3.06. The smallest absolute Gasteiger partial charge is 0.191 e. The molecular formula is C19H29N3O3. The van der Waals surface area contributed by atoms with Gasteiger partial charge in [0.2, 0.25) is 0 Å². The van der Waals surface area contributed by atoms with Gasteiger partial charge in [0.25, 0.3) is 0 Å². The zero-order valence-electron chi connectivity index (χ0n) is 15.0. The maximum absolute atomic E-state index is 5.94. The molecule has 2 N–H and O–H groups in total. The van der Waals surface area contributed by atoms with E-state index < -0.39 is 0 Å². The molecule has 0 spiro atoms. The molecule has 0 amide bonds. The average Bonchev–Trinajstić information content (AvgIpc) is 3.28. The Labute approximate surface area is 149 Å². The van der Waals surface area contributed by atoms with Gasteiger partial charge in [-0.15, -0.1) is 0 Å². The van der Waals surface area contributed by atoms with Crippen LogP contribution in [0.1, 0.15) is 25.3 Å².